The fourth-order valence-corrected chi connectivity index (χ4v) is 3.64. The van der Waals surface area contributed by atoms with E-state index in [0.29, 0.717) is 5.02 Å². The number of benzene rings is 1. The summed E-state index contributed by atoms with van der Waals surface area (Å²) in [5.74, 6) is 1.48. The van der Waals surface area contributed by atoms with Crippen LogP contribution in [-0.2, 0) is 19.5 Å². The fourth-order valence-electron chi connectivity index (χ4n) is 3.51. The summed E-state index contributed by atoms with van der Waals surface area (Å²) in [5.41, 5.74) is 5.08. The van der Waals surface area contributed by atoms with Gasteiger partial charge in [-0.15, -0.1) is 0 Å². The van der Waals surface area contributed by atoms with E-state index in [9.17, 15) is 0 Å². The smallest absolute Gasteiger partial charge is 0.167 e. The molecule has 0 amide bonds. The number of fused-ring (bicyclic) bond motifs is 1. The summed E-state index contributed by atoms with van der Waals surface area (Å²) < 4.78 is 5.52. The van der Waals surface area contributed by atoms with E-state index in [1.165, 1.54) is 0 Å². The van der Waals surface area contributed by atoms with Gasteiger partial charge in [0.15, 0.2) is 11.6 Å². The minimum absolute atomic E-state index is 0.703. The van der Waals surface area contributed by atoms with Crippen LogP contribution in [0.4, 0.5) is 0 Å². The lowest BCUT2D eigenvalue weighted by Gasteiger charge is -2.27. The molecule has 6 nitrogen and oxygen atoms in total. The van der Waals surface area contributed by atoms with E-state index in [0.717, 1.165) is 65.7 Å². The molecule has 1 aliphatic rings. The molecule has 29 heavy (non-hydrogen) atoms. The predicted molar refractivity (Wildman–Crippen MR) is 110 cm³/mol. The van der Waals surface area contributed by atoms with Gasteiger partial charge in [0, 0.05) is 72.4 Å². The molecule has 7 heteroatoms. The van der Waals surface area contributed by atoms with Crippen molar-refractivity contribution >= 4 is 11.6 Å². The molecule has 0 aliphatic carbocycles. The first-order chi connectivity index (χ1) is 14.2. The van der Waals surface area contributed by atoms with Crippen molar-refractivity contribution in [2.24, 2.45) is 0 Å². The fraction of sp³-hybridized carbons (Fsp3) is 0.182. The van der Waals surface area contributed by atoms with Crippen LogP contribution in [0.5, 0.6) is 0 Å². The van der Waals surface area contributed by atoms with Crippen LogP contribution in [-0.4, -0.2) is 31.6 Å². The topological polar surface area (TPSA) is 67.9 Å². The number of rotatable bonds is 4. The molecule has 0 fully saturated rings. The second-order valence-corrected chi connectivity index (χ2v) is 7.49. The third-order valence-corrected chi connectivity index (χ3v) is 5.26. The van der Waals surface area contributed by atoms with Gasteiger partial charge >= 0.3 is 0 Å². The van der Waals surface area contributed by atoms with E-state index in [1.807, 2.05) is 48.7 Å². The minimum atomic E-state index is 0.703. The first-order valence-corrected chi connectivity index (χ1v) is 9.81. The van der Waals surface area contributed by atoms with Crippen LogP contribution in [0.2, 0.25) is 5.02 Å². The molecule has 0 atom stereocenters. The highest BCUT2D eigenvalue weighted by atomic mass is 35.5. The minimum Gasteiger partial charge on any atom is -0.356 e. The maximum atomic E-state index is 5.95. The van der Waals surface area contributed by atoms with E-state index < -0.39 is 0 Å². The van der Waals surface area contributed by atoms with Crippen molar-refractivity contribution in [3.8, 4) is 22.7 Å². The lowest BCUT2D eigenvalue weighted by Crippen LogP contribution is -2.31. The van der Waals surface area contributed by atoms with Gasteiger partial charge in [0.25, 0.3) is 0 Å². The van der Waals surface area contributed by atoms with Crippen LogP contribution >= 0.6 is 11.6 Å². The third kappa shape index (κ3) is 3.90. The number of hydrogen-bond donors (Lipinski definition) is 0. The van der Waals surface area contributed by atoms with Crippen LogP contribution < -0.4 is 0 Å². The van der Waals surface area contributed by atoms with Crippen molar-refractivity contribution in [3.63, 3.8) is 0 Å². The molecular weight excluding hydrogens is 386 g/mol. The van der Waals surface area contributed by atoms with Gasteiger partial charge in [0.2, 0.25) is 0 Å². The Kier molecular flexibility index (Phi) is 4.79. The van der Waals surface area contributed by atoms with Crippen molar-refractivity contribution in [1.82, 2.24) is 25.0 Å². The lowest BCUT2D eigenvalue weighted by atomic mass is 10.1. The van der Waals surface area contributed by atoms with Gasteiger partial charge in [-0.3, -0.25) is 9.88 Å². The summed E-state index contributed by atoms with van der Waals surface area (Å²) in [6.07, 6.45) is 6.35. The van der Waals surface area contributed by atoms with Crippen LogP contribution in [0.25, 0.3) is 22.7 Å². The second kappa shape index (κ2) is 7.73. The first-order valence-electron chi connectivity index (χ1n) is 9.44. The maximum Gasteiger partial charge on any atom is 0.167 e. The zero-order chi connectivity index (χ0) is 19.6. The molecule has 0 spiro atoms. The highest BCUT2D eigenvalue weighted by Gasteiger charge is 2.20. The summed E-state index contributed by atoms with van der Waals surface area (Å²) >= 11 is 5.95. The van der Waals surface area contributed by atoms with Gasteiger partial charge in [-0.05, 0) is 36.4 Å². The lowest BCUT2D eigenvalue weighted by molar-refractivity contribution is 0.235. The number of aromatic nitrogens is 4. The number of nitrogens with zero attached hydrogens (tertiary/aromatic N) is 5. The average molecular weight is 404 g/mol. The highest BCUT2D eigenvalue weighted by molar-refractivity contribution is 6.30. The molecule has 1 aromatic carbocycles. The van der Waals surface area contributed by atoms with Gasteiger partial charge in [0.1, 0.15) is 0 Å². The molecule has 0 unspecified atom stereocenters. The van der Waals surface area contributed by atoms with Gasteiger partial charge in [0.05, 0.1) is 11.4 Å². The third-order valence-electron chi connectivity index (χ3n) is 5.01. The van der Waals surface area contributed by atoms with E-state index in [1.54, 1.807) is 12.4 Å². The molecule has 0 N–H and O–H groups in total. The van der Waals surface area contributed by atoms with Crippen LogP contribution in [0, 0.1) is 0 Å². The van der Waals surface area contributed by atoms with Crippen molar-refractivity contribution in [2.45, 2.75) is 19.5 Å². The van der Waals surface area contributed by atoms with Crippen molar-refractivity contribution < 1.29 is 4.52 Å². The molecule has 1 aliphatic heterocycles. The Morgan fingerprint density at radius 2 is 1.97 bits per heavy atom. The largest absolute Gasteiger partial charge is 0.356 e. The molecule has 0 saturated carbocycles. The van der Waals surface area contributed by atoms with E-state index in [4.69, 9.17) is 21.1 Å². The van der Waals surface area contributed by atoms with Crippen molar-refractivity contribution in [3.05, 3.63) is 83.0 Å². The average Bonchev–Trinajstić information content (AvgIpc) is 3.23. The summed E-state index contributed by atoms with van der Waals surface area (Å²) in [4.78, 5) is 15.8. The van der Waals surface area contributed by atoms with E-state index in [2.05, 4.69) is 20.0 Å². The monoisotopic (exact) mass is 403 g/mol. The Labute approximate surface area is 173 Å². The molecule has 0 saturated heterocycles. The Morgan fingerprint density at radius 1 is 1.07 bits per heavy atom. The number of pyridine rings is 1. The molecular formula is C22H18ClN5O. The number of hydrogen-bond acceptors (Lipinski definition) is 6. The normalized spacial score (nSPS) is 14.0. The quantitative estimate of drug-likeness (QED) is 0.503. The molecule has 144 valence electrons. The molecule has 4 aromatic rings. The SMILES string of the molecule is Clc1ccc(-c2cc(CN3CCc4nc(-c5cccnc5)ncc4C3)no2)cc1. The molecule has 4 heterocycles. The Morgan fingerprint density at radius 3 is 2.79 bits per heavy atom. The van der Waals surface area contributed by atoms with Crippen molar-refractivity contribution in [1.29, 1.82) is 0 Å². The zero-order valence-corrected chi connectivity index (χ0v) is 16.4. The highest BCUT2D eigenvalue weighted by Crippen LogP contribution is 2.25. The summed E-state index contributed by atoms with van der Waals surface area (Å²) in [7, 11) is 0. The number of halogens is 1. The molecule has 3 aromatic heterocycles. The molecule has 0 radical (unpaired) electrons. The summed E-state index contributed by atoms with van der Waals surface area (Å²) in [6, 6.07) is 13.4. The standard InChI is InChI=1S/C22H18ClN5O/c23-18-5-3-15(4-6-18)21-10-19(27-29-21)14-28-9-7-20-17(13-28)12-25-22(26-20)16-2-1-8-24-11-16/h1-6,8,10-12H,7,9,13-14H2. The van der Waals surface area contributed by atoms with Crippen molar-refractivity contribution in [2.75, 3.05) is 6.54 Å². The van der Waals surface area contributed by atoms with Crippen LogP contribution in [0.15, 0.2) is 65.6 Å². The van der Waals surface area contributed by atoms with Crippen LogP contribution in [0.3, 0.4) is 0 Å². The first kappa shape index (κ1) is 18.0. The van der Waals surface area contributed by atoms with E-state index >= 15 is 0 Å². The maximum absolute atomic E-state index is 5.95. The van der Waals surface area contributed by atoms with Gasteiger partial charge in [-0.25, -0.2) is 9.97 Å². The summed E-state index contributed by atoms with van der Waals surface area (Å²) in [6.45, 7) is 2.44. The Balaban J connectivity index is 1.29. The van der Waals surface area contributed by atoms with Gasteiger partial charge in [-0.1, -0.05) is 16.8 Å². The van der Waals surface area contributed by atoms with Crippen LogP contribution in [0.1, 0.15) is 17.0 Å². The Hall–Kier alpha value is -3.09. The molecule has 0 bridgehead atoms. The second-order valence-electron chi connectivity index (χ2n) is 7.06. The summed E-state index contributed by atoms with van der Waals surface area (Å²) in [5, 5.41) is 4.93. The van der Waals surface area contributed by atoms with Gasteiger partial charge < -0.3 is 4.52 Å². The predicted octanol–water partition coefficient (Wildman–Crippen LogP) is 4.41. The zero-order valence-electron chi connectivity index (χ0n) is 15.6. The molecule has 5 rings (SSSR count). The van der Waals surface area contributed by atoms with Gasteiger partial charge in [-0.2, -0.15) is 0 Å². The van der Waals surface area contributed by atoms with E-state index in [-0.39, 0.29) is 0 Å². The Bertz CT molecular complexity index is 1130.